The van der Waals surface area contributed by atoms with Gasteiger partial charge in [-0.05, 0) is 23.8 Å². The topological polar surface area (TPSA) is 67.2 Å². The molecule has 0 N–H and O–H groups in total. The van der Waals surface area contributed by atoms with Gasteiger partial charge in [0.2, 0.25) is 0 Å². The average Bonchev–Trinajstić information content (AvgIpc) is 2.83. The Morgan fingerprint density at radius 1 is 1.29 bits per heavy atom. The maximum atomic E-state index is 11.6. The summed E-state index contributed by atoms with van der Waals surface area (Å²) in [6, 6.07) is 12.3. The lowest BCUT2D eigenvalue weighted by molar-refractivity contribution is -0.153. The number of rotatable bonds is 5. The molecule has 4 heteroatoms. The van der Waals surface area contributed by atoms with E-state index in [0.29, 0.717) is 6.42 Å². The van der Waals surface area contributed by atoms with Crippen LogP contribution in [0.5, 0.6) is 0 Å². The predicted molar refractivity (Wildman–Crippen MR) is 76.9 cm³/mol. The lowest BCUT2D eigenvalue weighted by atomic mass is 9.77. The van der Waals surface area contributed by atoms with Gasteiger partial charge in [0, 0.05) is 0 Å². The molecule has 1 aromatic rings. The molecule has 0 amide bonds. The molecule has 0 bridgehead atoms. The van der Waals surface area contributed by atoms with E-state index in [2.05, 4.69) is 17.7 Å². The lowest BCUT2D eigenvalue weighted by Gasteiger charge is -2.23. The molecule has 0 aromatic heterocycles. The Bertz CT molecular complexity index is 561. The van der Waals surface area contributed by atoms with Crippen LogP contribution in [0.4, 0.5) is 0 Å². The molecule has 2 rings (SSSR count). The zero-order valence-corrected chi connectivity index (χ0v) is 12.3. The van der Waals surface area contributed by atoms with Gasteiger partial charge in [0.05, 0.1) is 24.3 Å². The standard InChI is InChI=1S/C17H19NO3/c1-11(13-6-4-3-5-7-13)8-14(10-18)12(2)15-9-16(19)21-17(15)20/h3-7,11-12,14-15H,8-9H2,1-2H3/t11-,12-,14?,15?/m1/s1. The number of ether oxygens (including phenoxy) is 1. The van der Waals surface area contributed by atoms with E-state index in [4.69, 9.17) is 0 Å². The molecule has 110 valence electrons. The van der Waals surface area contributed by atoms with E-state index in [1.165, 1.54) is 5.56 Å². The first-order valence-corrected chi connectivity index (χ1v) is 7.22. The smallest absolute Gasteiger partial charge is 0.317 e. The molecule has 1 aliphatic rings. The third-order valence-corrected chi connectivity index (χ3v) is 4.32. The first-order valence-electron chi connectivity index (χ1n) is 7.22. The molecule has 0 spiro atoms. The highest BCUT2D eigenvalue weighted by Crippen LogP contribution is 2.34. The van der Waals surface area contributed by atoms with E-state index in [1.54, 1.807) is 0 Å². The average molecular weight is 285 g/mol. The van der Waals surface area contributed by atoms with Gasteiger partial charge in [-0.1, -0.05) is 44.2 Å². The van der Waals surface area contributed by atoms with Crippen molar-refractivity contribution in [1.82, 2.24) is 0 Å². The number of esters is 2. The van der Waals surface area contributed by atoms with Gasteiger partial charge in [-0.15, -0.1) is 0 Å². The minimum Gasteiger partial charge on any atom is -0.393 e. The molecular weight excluding hydrogens is 266 g/mol. The van der Waals surface area contributed by atoms with Gasteiger partial charge < -0.3 is 4.74 Å². The normalized spacial score (nSPS) is 22.2. The highest BCUT2D eigenvalue weighted by atomic mass is 16.6. The fraction of sp³-hybridized carbons (Fsp3) is 0.471. The van der Waals surface area contributed by atoms with Gasteiger partial charge in [-0.2, -0.15) is 5.26 Å². The zero-order chi connectivity index (χ0) is 15.4. The monoisotopic (exact) mass is 285 g/mol. The summed E-state index contributed by atoms with van der Waals surface area (Å²) in [5.74, 6) is -1.68. The first-order chi connectivity index (χ1) is 10.0. The van der Waals surface area contributed by atoms with Crippen LogP contribution >= 0.6 is 0 Å². The van der Waals surface area contributed by atoms with Crippen molar-refractivity contribution in [3.8, 4) is 6.07 Å². The van der Waals surface area contributed by atoms with E-state index in [-0.39, 0.29) is 24.2 Å². The molecular formula is C17H19NO3. The quantitative estimate of drug-likeness (QED) is 0.616. The molecule has 1 fully saturated rings. The zero-order valence-electron chi connectivity index (χ0n) is 12.3. The van der Waals surface area contributed by atoms with E-state index in [9.17, 15) is 14.9 Å². The Morgan fingerprint density at radius 2 is 1.95 bits per heavy atom. The predicted octanol–water partition coefficient (Wildman–Crippen LogP) is 3.05. The van der Waals surface area contributed by atoms with Crippen LogP contribution in [0, 0.1) is 29.1 Å². The van der Waals surface area contributed by atoms with E-state index in [1.807, 2.05) is 37.3 Å². The number of cyclic esters (lactones) is 2. The SMILES string of the molecule is C[C@H](C(C#N)C[C@@H](C)c1ccccc1)C1CC(=O)OC1=O. The summed E-state index contributed by atoms with van der Waals surface area (Å²) in [5.41, 5.74) is 1.18. The number of benzene rings is 1. The summed E-state index contributed by atoms with van der Waals surface area (Å²) in [5, 5.41) is 9.42. The highest BCUT2D eigenvalue weighted by Gasteiger charge is 2.40. The number of carbonyl (C=O) groups excluding carboxylic acids is 2. The van der Waals surface area contributed by atoms with Crippen LogP contribution in [0.25, 0.3) is 0 Å². The Kier molecular flexibility index (Phi) is 4.74. The molecule has 4 nitrogen and oxygen atoms in total. The summed E-state index contributed by atoms with van der Waals surface area (Å²) in [6.45, 7) is 3.93. The van der Waals surface area contributed by atoms with Crippen molar-refractivity contribution in [2.45, 2.75) is 32.6 Å². The third kappa shape index (κ3) is 3.49. The largest absolute Gasteiger partial charge is 0.393 e. The van der Waals surface area contributed by atoms with Crippen molar-refractivity contribution in [3.63, 3.8) is 0 Å². The van der Waals surface area contributed by atoms with Crippen molar-refractivity contribution in [2.75, 3.05) is 0 Å². The van der Waals surface area contributed by atoms with E-state index < -0.39 is 17.9 Å². The minimum absolute atomic E-state index is 0.0951. The molecule has 1 heterocycles. The number of nitrogens with zero attached hydrogens (tertiary/aromatic N) is 1. The molecule has 1 aromatic carbocycles. The Balaban J connectivity index is 2.05. The molecule has 21 heavy (non-hydrogen) atoms. The van der Waals surface area contributed by atoms with Crippen LogP contribution in [0.3, 0.4) is 0 Å². The van der Waals surface area contributed by atoms with Gasteiger partial charge in [-0.3, -0.25) is 9.59 Å². The van der Waals surface area contributed by atoms with E-state index in [0.717, 1.165) is 0 Å². The number of nitriles is 1. The summed E-state index contributed by atoms with van der Waals surface area (Å²) >= 11 is 0. The third-order valence-electron chi connectivity index (χ3n) is 4.32. The maximum absolute atomic E-state index is 11.6. The second kappa shape index (κ2) is 6.53. The summed E-state index contributed by atoms with van der Waals surface area (Å²) in [4.78, 5) is 22.8. The van der Waals surface area contributed by atoms with Gasteiger partial charge in [-0.25, -0.2) is 0 Å². The molecule has 4 atom stereocenters. The van der Waals surface area contributed by atoms with E-state index >= 15 is 0 Å². The Morgan fingerprint density at radius 3 is 2.48 bits per heavy atom. The number of hydrogen-bond donors (Lipinski definition) is 0. The number of carbonyl (C=O) groups is 2. The Labute approximate surface area is 124 Å². The second-order valence-electron chi connectivity index (χ2n) is 5.75. The highest BCUT2D eigenvalue weighted by molar-refractivity contribution is 5.94. The van der Waals surface area contributed by atoms with Crippen molar-refractivity contribution in [3.05, 3.63) is 35.9 Å². The molecule has 0 aliphatic carbocycles. The fourth-order valence-electron chi connectivity index (χ4n) is 2.86. The van der Waals surface area contributed by atoms with Crippen LogP contribution in [-0.4, -0.2) is 11.9 Å². The van der Waals surface area contributed by atoms with Crippen LogP contribution in [0.1, 0.15) is 38.2 Å². The summed E-state index contributed by atoms with van der Waals surface area (Å²) in [7, 11) is 0. The van der Waals surface area contributed by atoms with Gasteiger partial charge in [0.1, 0.15) is 0 Å². The van der Waals surface area contributed by atoms with Gasteiger partial charge in [0.25, 0.3) is 0 Å². The molecule has 2 unspecified atom stereocenters. The molecule has 0 radical (unpaired) electrons. The van der Waals surface area contributed by atoms with Crippen LogP contribution < -0.4 is 0 Å². The van der Waals surface area contributed by atoms with Crippen LogP contribution in [0.15, 0.2) is 30.3 Å². The maximum Gasteiger partial charge on any atom is 0.317 e. The van der Waals surface area contributed by atoms with Crippen molar-refractivity contribution in [1.29, 1.82) is 5.26 Å². The number of hydrogen-bond acceptors (Lipinski definition) is 4. The van der Waals surface area contributed by atoms with Crippen LogP contribution in [-0.2, 0) is 14.3 Å². The lowest BCUT2D eigenvalue weighted by Crippen LogP contribution is -2.24. The van der Waals surface area contributed by atoms with Gasteiger partial charge in [0.15, 0.2) is 0 Å². The van der Waals surface area contributed by atoms with Crippen molar-refractivity contribution < 1.29 is 14.3 Å². The molecule has 0 saturated carbocycles. The first kappa shape index (κ1) is 15.2. The fourth-order valence-corrected chi connectivity index (χ4v) is 2.86. The van der Waals surface area contributed by atoms with Gasteiger partial charge >= 0.3 is 11.9 Å². The van der Waals surface area contributed by atoms with Crippen molar-refractivity contribution >= 4 is 11.9 Å². The second-order valence-corrected chi connectivity index (χ2v) is 5.75. The van der Waals surface area contributed by atoms with Crippen molar-refractivity contribution in [2.24, 2.45) is 17.8 Å². The summed E-state index contributed by atoms with van der Waals surface area (Å²) < 4.78 is 4.59. The molecule has 1 saturated heterocycles. The summed E-state index contributed by atoms with van der Waals surface area (Å²) in [6.07, 6.45) is 0.761. The Hall–Kier alpha value is -2.15. The molecule has 1 aliphatic heterocycles. The minimum atomic E-state index is -0.486. The van der Waals surface area contributed by atoms with Crippen LogP contribution in [0.2, 0.25) is 0 Å².